The Hall–Kier alpha value is -2.67. The molecule has 0 saturated carbocycles. The van der Waals surface area contributed by atoms with E-state index in [-0.39, 0.29) is 30.7 Å². The van der Waals surface area contributed by atoms with Crippen LogP contribution in [0.2, 0.25) is 0 Å². The summed E-state index contributed by atoms with van der Waals surface area (Å²) >= 11 is 3.33. The second-order valence-corrected chi connectivity index (χ2v) is 7.52. The van der Waals surface area contributed by atoms with Crippen LogP contribution in [0.25, 0.3) is 0 Å². The highest BCUT2D eigenvalue weighted by Gasteiger charge is 2.21. The van der Waals surface area contributed by atoms with Gasteiger partial charge in [0.05, 0.1) is 0 Å². The maximum absolute atomic E-state index is 12.0. The molecule has 28 heavy (non-hydrogen) atoms. The molecule has 0 aromatic heterocycles. The van der Waals surface area contributed by atoms with Gasteiger partial charge in [0.2, 0.25) is 11.8 Å². The normalized spacial score (nSPS) is 13.5. The molecule has 3 rings (SSSR count). The molecule has 2 N–H and O–H groups in total. The van der Waals surface area contributed by atoms with Gasteiger partial charge in [0.1, 0.15) is 0 Å². The van der Waals surface area contributed by atoms with Crippen LogP contribution in [0.1, 0.15) is 35.2 Å². The zero-order valence-corrected chi connectivity index (χ0v) is 17.0. The second-order valence-electron chi connectivity index (χ2n) is 6.61. The number of carbonyl (C=O) groups excluding carboxylic acids is 3. The number of nitrogens with zero attached hydrogens (tertiary/aromatic N) is 1. The van der Waals surface area contributed by atoms with Crippen molar-refractivity contribution in [1.29, 1.82) is 0 Å². The van der Waals surface area contributed by atoms with Crippen molar-refractivity contribution in [3.05, 3.63) is 64.1 Å². The fourth-order valence-corrected chi connectivity index (χ4v) is 3.30. The van der Waals surface area contributed by atoms with Crippen molar-refractivity contribution >= 4 is 39.3 Å². The predicted molar refractivity (Wildman–Crippen MR) is 111 cm³/mol. The zero-order valence-electron chi connectivity index (χ0n) is 15.4. The quantitative estimate of drug-likeness (QED) is 0.690. The number of anilines is 1. The van der Waals surface area contributed by atoms with Gasteiger partial charge in [0.15, 0.2) is 0 Å². The Balaban J connectivity index is 1.42. The van der Waals surface area contributed by atoms with E-state index in [9.17, 15) is 14.4 Å². The maximum Gasteiger partial charge on any atom is 0.251 e. The van der Waals surface area contributed by atoms with Gasteiger partial charge >= 0.3 is 0 Å². The smallest absolute Gasteiger partial charge is 0.251 e. The fraction of sp³-hybridized carbons (Fsp3) is 0.286. The molecule has 6 nitrogen and oxygen atoms in total. The molecule has 1 heterocycles. The standard InChI is InChI=1S/C21H22BrN3O3/c22-17-8-6-16(7-9-17)21(28)23-11-10-19(26)24-14-15-3-1-4-18(13-15)25-12-2-5-20(25)27/h1,3-4,6-9,13H,2,5,10-12,14H2,(H,23,28)(H,24,26). The van der Waals surface area contributed by atoms with Gasteiger partial charge < -0.3 is 15.5 Å². The molecular formula is C21H22BrN3O3. The van der Waals surface area contributed by atoms with Crippen LogP contribution in [0.15, 0.2) is 53.0 Å². The van der Waals surface area contributed by atoms with Crippen LogP contribution in [0, 0.1) is 0 Å². The summed E-state index contributed by atoms with van der Waals surface area (Å²) in [5.74, 6) is -0.204. The third-order valence-corrected chi connectivity index (χ3v) is 5.06. The Morgan fingerprint density at radius 3 is 2.57 bits per heavy atom. The van der Waals surface area contributed by atoms with Crippen LogP contribution in [0.5, 0.6) is 0 Å². The van der Waals surface area contributed by atoms with E-state index in [1.165, 1.54) is 0 Å². The number of nitrogens with one attached hydrogen (secondary N) is 2. The molecule has 1 aliphatic heterocycles. The Labute approximate surface area is 172 Å². The van der Waals surface area contributed by atoms with E-state index in [0.29, 0.717) is 18.5 Å². The van der Waals surface area contributed by atoms with E-state index in [1.807, 2.05) is 24.3 Å². The monoisotopic (exact) mass is 443 g/mol. The average molecular weight is 444 g/mol. The summed E-state index contributed by atoms with van der Waals surface area (Å²) in [6, 6.07) is 14.7. The first-order valence-electron chi connectivity index (χ1n) is 9.23. The lowest BCUT2D eigenvalue weighted by atomic mass is 10.2. The van der Waals surface area contributed by atoms with Crippen LogP contribution in [0.4, 0.5) is 5.69 Å². The lowest BCUT2D eigenvalue weighted by Gasteiger charge is -2.16. The van der Waals surface area contributed by atoms with Crippen LogP contribution in [-0.4, -0.2) is 30.8 Å². The third kappa shape index (κ3) is 5.42. The highest BCUT2D eigenvalue weighted by Crippen LogP contribution is 2.22. The predicted octanol–water partition coefficient (Wildman–Crippen LogP) is 3.01. The summed E-state index contributed by atoms with van der Waals surface area (Å²) in [6.45, 7) is 1.39. The van der Waals surface area contributed by atoms with Crippen LogP contribution >= 0.6 is 15.9 Å². The van der Waals surface area contributed by atoms with E-state index in [2.05, 4.69) is 26.6 Å². The molecule has 1 saturated heterocycles. The van der Waals surface area contributed by atoms with E-state index < -0.39 is 0 Å². The van der Waals surface area contributed by atoms with Crippen LogP contribution < -0.4 is 15.5 Å². The summed E-state index contributed by atoms with van der Waals surface area (Å²) in [6.07, 6.45) is 1.67. The Morgan fingerprint density at radius 1 is 1.07 bits per heavy atom. The van der Waals surface area contributed by atoms with Crippen molar-refractivity contribution in [3.63, 3.8) is 0 Å². The summed E-state index contributed by atoms with van der Waals surface area (Å²) in [4.78, 5) is 37.7. The Bertz CT molecular complexity index is 867. The summed E-state index contributed by atoms with van der Waals surface area (Å²) in [5.41, 5.74) is 2.36. The number of rotatable bonds is 7. The minimum Gasteiger partial charge on any atom is -0.352 e. The summed E-state index contributed by atoms with van der Waals surface area (Å²) in [7, 11) is 0. The summed E-state index contributed by atoms with van der Waals surface area (Å²) < 4.78 is 0.904. The lowest BCUT2D eigenvalue weighted by Crippen LogP contribution is -2.30. The molecule has 0 aliphatic carbocycles. The molecule has 1 fully saturated rings. The largest absolute Gasteiger partial charge is 0.352 e. The molecule has 2 aromatic carbocycles. The second kappa shape index (κ2) is 9.50. The first-order valence-corrected chi connectivity index (χ1v) is 10.0. The first kappa shape index (κ1) is 20.1. The minimum absolute atomic E-state index is 0.140. The number of halogens is 1. The molecule has 0 atom stereocenters. The van der Waals surface area contributed by atoms with Crippen molar-refractivity contribution in [3.8, 4) is 0 Å². The van der Waals surface area contributed by atoms with Gasteiger partial charge in [0.25, 0.3) is 5.91 Å². The first-order chi connectivity index (χ1) is 13.5. The van der Waals surface area contributed by atoms with Crippen molar-refractivity contribution in [1.82, 2.24) is 10.6 Å². The van der Waals surface area contributed by atoms with Gasteiger partial charge in [-0.25, -0.2) is 0 Å². The molecule has 0 bridgehead atoms. The zero-order chi connectivity index (χ0) is 19.9. The van der Waals surface area contributed by atoms with Gasteiger partial charge in [-0.15, -0.1) is 0 Å². The molecule has 0 unspecified atom stereocenters. The van der Waals surface area contributed by atoms with E-state index in [1.54, 1.807) is 29.2 Å². The third-order valence-electron chi connectivity index (χ3n) is 4.53. The maximum atomic E-state index is 12.0. The van der Waals surface area contributed by atoms with Gasteiger partial charge in [-0.1, -0.05) is 28.1 Å². The topological polar surface area (TPSA) is 78.5 Å². The molecule has 3 amide bonds. The molecule has 0 spiro atoms. The highest BCUT2D eigenvalue weighted by atomic mass is 79.9. The minimum atomic E-state index is -0.205. The van der Waals surface area contributed by atoms with Gasteiger partial charge in [-0.2, -0.15) is 0 Å². The van der Waals surface area contributed by atoms with Crippen molar-refractivity contribution in [2.45, 2.75) is 25.8 Å². The number of amides is 3. The average Bonchev–Trinajstić information content (AvgIpc) is 3.13. The van der Waals surface area contributed by atoms with Gasteiger partial charge in [-0.3, -0.25) is 14.4 Å². The number of carbonyl (C=O) groups is 3. The van der Waals surface area contributed by atoms with Crippen molar-refractivity contribution in [2.75, 3.05) is 18.0 Å². The van der Waals surface area contributed by atoms with E-state index >= 15 is 0 Å². The van der Waals surface area contributed by atoms with Gasteiger partial charge in [0, 0.05) is 48.2 Å². The van der Waals surface area contributed by atoms with Crippen LogP contribution in [0.3, 0.4) is 0 Å². The van der Waals surface area contributed by atoms with Crippen molar-refractivity contribution in [2.24, 2.45) is 0 Å². The number of hydrogen-bond donors (Lipinski definition) is 2. The van der Waals surface area contributed by atoms with Crippen LogP contribution in [-0.2, 0) is 16.1 Å². The van der Waals surface area contributed by atoms with Crippen molar-refractivity contribution < 1.29 is 14.4 Å². The number of hydrogen-bond acceptors (Lipinski definition) is 3. The highest BCUT2D eigenvalue weighted by molar-refractivity contribution is 9.10. The molecule has 2 aromatic rings. The summed E-state index contributed by atoms with van der Waals surface area (Å²) in [5, 5.41) is 5.59. The van der Waals surface area contributed by atoms with Gasteiger partial charge in [-0.05, 0) is 48.4 Å². The van der Waals surface area contributed by atoms with E-state index in [4.69, 9.17) is 0 Å². The Morgan fingerprint density at radius 2 is 1.86 bits per heavy atom. The lowest BCUT2D eigenvalue weighted by molar-refractivity contribution is -0.121. The molecule has 146 valence electrons. The molecule has 0 radical (unpaired) electrons. The fourth-order valence-electron chi connectivity index (χ4n) is 3.04. The van der Waals surface area contributed by atoms with E-state index in [0.717, 1.165) is 28.7 Å². The number of benzene rings is 2. The SMILES string of the molecule is O=C(CCNC(=O)c1ccc(Br)cc1)NCc1cccc(N2CCCC2=O)c1. The molecular weight excluding hydrogens is 422 g/mol. The molecule has 7 heteroatoms. The Kier molecular flexibility index (Phi) is 6.81. The molecule has 1 aliphatic rings.